The van der Waals surface area contributed by atoms with E-state index in [1.54, 1.807) is 0 Å². The number of carbonyl (C=O) groups excluding carboxylic acids is 1. The van der Waals surface area contributed by atoms with Crippen LogP contribution in [0.4, 0.5) is 0 Å². The van der Waals surface area contributed by atoms with E-state index in [9.17, 15) is 4.79 Å². The molecule has 1 aliphatic carbocycles. The number of halogens is 1. The Labute approximate surface area is 111 Å². The van der Waals surface area contributed by atoms with Crippen LogP contribution in [0.1, 0.15) is 51.4 Å². The molecule has 0 bridgehead atoms. The monoisotopic (exact) mass is 260 g/mol. The van der Waals surface area contributed by atoms with Gasteiger partial charge in [-0.15, -0.1) is 12.4 Å². The Kier molecular flexibility index (Phi) is 5.74. The first-order chi connectivity index (χ1) is 7.76. The summed E-state index contributed by atoms with van der Waals surface area (Å²) in [5, 5.41) is 0. The maximum Gasteiger partial charge on any atom is 0.223 e. The number of carbonyl (C=O) groups is 1. The lowest BCUT2D eigenvalue weighted by Gasteiger charge is -2.44. The summed E-state index contributed by atoms with van der Waals surface area (Å²) < 4.78 is 0. The number of rotatable bonds is 2. The van der Waals surface area contributed by atoms with Crippen molar-refractivity contribution in [3.05, 3.63) is 0 Å². The fraction of sp³-hybridized carbons (Fsp3) is 0.923. The van der Waals surface area contributed by atoms with Crippen molar-refractivity contribution >= 4 is 18.3 Å². The predicted molar refractivity (Wildman–Crippen MR) is 72.3 cm³/mol. The molecule has 0 atom stereocenters. The van der Waals surface area contributed by atoms with E-state index < -0.39 is 0 Å². The van der Waals surface area contributed by atoms with Crippen molar-refractivity contribution in [1.82, 2.24) is 4.90 Å². The summed E-state index contributed by atoms with van der Waals surface area (Å²) in [6, 6.07) is 0. The van der Waals surface area contributed by atoms with Crippen LogP contribution in [0.5, 0.6) is 0 Å². The second-order valence-corrected chi connectivity index (χ2v) is 5.48. The molecule has 0 radical (unpaired) electrons. The molecule has 2 fully saturated rings. The largest absolute Gasteiger partial charge is 0.343 e. The summed E-state index contributed by atoms with van der Waals surface area (Å²) in [5.74, 6) is 0.258. The smallest absolute Gasteiger partial charge is 0.223 e. The maximum absolute atomic E-state index is 11.7. The quantitative estimate of drug-likeness (QED) is 0.828. The highest BCUT2D eigenvalue weighted by Gasteiger charge is 2.36. The molecule has 2 aliphatic rings. The van der Waals surface area contributed by atoms with Crippen LogP contribution in [0.3, 0.4) is 0 Å². The van der Waals surface area contributed by atoms with Gasteiger partial charge in [-0.2, -0.15) is 0 Å². The van der Waals surface area contributed by atoms with Crippen LogP contribution in [0.15, 0.2) is 0 Å². The first kappa shape index (κ1) is 14.8. The van der Waals surface area contributed by atoms with Gasteiger partial charge < -0.3 is 10.6 Å². The van der Waals surface area contributed by atoms with Gasteiger partial charge in [-0.1, -0.05) is 19.3 Å². The topological polar surface area (TPSA) is 46.3 Å². The molecule has 4 heteroatoms. The van der Waals surface area contributed by atoms with E-state index in [1.165, 1.54) is 44.9 Å². The van der Waals surface area contributed by atoms with Crippen LogP contribution in [-0.2, 0) is 4.79 Å². The van der Waals surface area contributed by atoms with Crippen LogP contribution >= 0.6 is 12.4 Å². The zero-order chi connectivity index (χ0) is 11.4. The zero-order valence-electron chi connectivity index (χ0n) is 10.6. The van der Waals surface area contributed by atoms with Crippen molar-refractivity contribution in [3.8, 4) is 0 Å². The molecule has 100 valence electrons. The molecule has 2 rings (SSSR count). The number of piperidine rings is 1. The Hall–Kier alpha value is -0.280. The lowest BCUT2D eigenvalue weighted by Crippen LogP contribution is -2.44. The predicted octanol–water partition coefficient (Wildman–Crippen LogP) is 2.33. The van der Waals surface area contributed by atoms with E-state index in [0.717, 1.165) is 13.1 Å². The number of nitrogens with two attached hydrogens (primary N) is 1. The molecule has 0 unspecified atom stereocenters. The molecular weight excluding hydrogens is 236 g/mol. The summed E-state index contributed by atoms with van der Waals surface area (Å²) in [6.45, 7) is 2.43. The van der Waals surface area contributed by atoms with E-state index in [4.69, 9.17) is 5.73 Å². The van der Waals surface area contributed by atoms with Gasteiger partial charge in [0.25, 0.3) is 0 Å². The van der Waals surface area contributed by atoms with Gasteiger partial charge in [0.05, 0.1) is 0 Å². The lowest BCUT2D eigenvalue weighted by atomic mass is 9.68. The molecule has 0 aromatic heterocycles. The molecule has 17 heavy (non-hydrogen) atoms. The van der Waals surface area contributed by atoms with Gasteiger partial charge in [0.2, 0.25) is 5.91 Å². The second-order valence-electron chi connectivity index (χ2n) is 5.48. The summed E-state index contributed by atoms with van der Waals surface area (Å²) in [4.78, 5) is 13.7. The Morgan fingerprint density at radius 2 is 1.65 bits per heavy atom. The van der Waals surface area contributed by atoms with E-state index in [0.29, 0.717) is 18.4 Å². The van der Waals surface area contributed by atoms with Crippen molar-refractivity contribution in [2.45, 2.75) is 51.4 Å². The fourth-order valence-electron chi connectivity index (χ4n) is 3.31. The molecule has 3 nitrogen and oxygen atoms in total. The Bertz CT molecular complexity index is 242. The molecular formula is C13H25ClN2O. The molecule has 0 aromatic rings. The van der Waals surface area contributed by atoms with Crippen LogP contribution in [0, 0.1) is 5.41 Å². The van der Waals surface area contributed by atoms with Gasteiger partial charge in [0.1, 0.15) is 0 Å². The Morgan fingerprint density at radius 1 is 1.06 bits per heavy atom. The Morgan fingerprint density at radius 3 is 2.18 bits per heavy atom. The second kappa shape index (κ2) is 6.60. The molecule has 1 spiro atoms. The summed E-state index contributed by atoms with van der Waals surface area (Å²) in [7, 11) is 0. The number of amides is 1. The summed E-state index contributed by atoms with van der Waals surface area (Å²) in [5.41, 5.74) is 6.02. The minimum Gasteiger partial charge on any atom is -0.343 e. The van der Waals surface area contributed by atoms with Gasteiger partial charge in [0.15, 0.2) is 0 Å². The Balaban J connectivity index is 0.00000144. The third kappa shape index (κ3) is 3.59. The lowest BCUT2D eigenvalue weighted by molar-refractivity contribution is -0.133. The highest BCUT2D eigenvalue weighted by molar-refractivity contribution is 5.85. The molecule has 0 aromatic carbocycles. The third-order valence-corrected chi connectivity index (χ3v) is 4.45. The normalized spacial score (nSPS) is 23.2. The van der Waals surface area contributed by atoms with Crippen molar-refractivity contribution in [2.75, 3.05) is 19.6 Å². The average molecular weight is 261 g/mol. The fourth-order valence-corrected chi connectivity index (χ4v) is 3.31. The van der Waals surface area contributed by atoms with Gasteiger partial charge >= 0.3 is 0 Å². The first-order valence-corrected chi connectivity index (χ1v) is 6.74. The van der Waals surface area contributed by atoms with Gasteiger partial charge in [-0.25, -0.2) is 0 Å². The van der Waals surface area contributed by atoms with Crippen molar-refractivity contribution in [2.24, 2.45) is 11.1 Å². The third-order valence-electron chi connectivity index (χ3n) is 4.45. The van der Waals surface area contributed by atoms with Crippen molar-refractivity contribution in [1.29, 1.82) is 0 Å². The van der Waals surface area contributed by atoms with E-state index >= 15 is 0 Å². The summed E-state index contributed by atoms with van der Waals surface area (Å²) >= 11 is 0. The van der Waals surface area contributed by atoms with Crippen LogP contribution in [0.2, 0.25) is 0 Å². The van der Waals surface area contributed by atoms with Gasteiger partial charge in [-0.05, 0) is 31.1 Å². The van der Waals surface area contributed by atoms with Crippen LogP contribution in [-0.4, -0.2) is 30.4 Å². The average Bonchev–Trinajstić information content (AvgIpc) is 2.31. The number of nitrogens with zero attached hydrogens (tertiary/aromatic N) is 1. The summed E-state index contributed by atoms with van der Waals surface area (Å²) in [6.07, 6.45) is 9.97. The van der Waals surface area contributed by atoms with E-state index in [-0.39, 0.29) is 18.3 Å². The standard InChI is InChI=1S/C13H24N2O.ClH/c14-9-4-12(16)15-10-7-13(8-11-15)5-2-1-3-6-13;/h1-11,14H2;1H. The number of likely N-dealkylation sites (tertiary alicyclic amines) is 1. The highest BCUT2D eigenvalue weighted by Crippen LogP contribution is 2.44. The SMILES string of the molecule is Cl.NCCC(=O)N1CCC2(CCCCC2)CC1. The molecule has 1 saturated carbocycles. The molecule has 1 amide bonds. The van der Waals surface area contributed by atoms with Gasteiger partial charge in [-0.3, -0.25) is 4.79 Å². The van der Waals surface area contributed by atoms with Crippen LogP contribution < -0.4 is 5.73 Å². The minimum absolute atomic E-state index is 0. The van der Waals surface area contributed by atoms with E-state index in [2.05, 4.69) is 0 Å². The number of hydrogen-bond donors (Lipinski definition) is 1. The first-order valence-electron chi connectivity index (χ1n) is 6.74. The van der Waals surface area contributed by atoms with Crippen LogP contribution in [0.25, 0.3) is 0 Å². The van der Waals surface area contributed by atoms with Crippen molar-refractivity contribution < 1.29 is 4.79 Å². The maximum atomic E-state index is 11.7. The minimum atomic E-state index is 0. The molecule has 1 aliphatic heterocycles. The molecule has 1 heterocycles. The van der Waals surface area contributed by atoms with Crippen molar-refractivity contribution in [3.63, 3.8) is 0 Å². The highest BCUT2D eigenvalue weighted by atomic mass is 35.5. The van der Waals surface area contributed by atoms with Gasteiger partial charge in [0, 0.05) is 26.1 Å². The zero-order valence-corrected chi connectivity index (χ0v) is 11.4. The number of hydrogen-bond acceptors (Lipinski definition) is 2. The molecule has 2 N–H and O–H groups in total. The van der Waals surface area contributed by atoms with E-state index in [1.807, 2.05) is 4.90 Å². The molecule has 1 saturated heterocycles.